The summed E-state index contributed by atoms with van der Waals surface area (Å²) in [5, 5.41) is 23.3. The second kappa shape index (κ2) is 7.68. The van der Waals surface area contributed by atoms with Gasteiger partial charge in [0.15, 0.2) is 0 Å². The lowest BCUT2D eigenvalue weighted by molar-refractivity contribution is -0.385. The molecule has 2 heterocycles. The number of nitrogens with one attached hydrogen (secondary N) is 1. The van der Waals surface area contributed by atoms with Crippen molar-refractivity contribution >= 4 is 17.4 Å². The Bertz CT molecular complexity index is 1040. The highest BCUT2D eigenvalue weighted by atomic mass is 16.6. The molecular formula is C19H21N5O4. The number of nitrogens with zero attached hydrogens (tertiary/aromatic N) is 4. The van der Waals surface area contributed by atoms with E-state index in [1.54, 1.807) is 0 Å². The van der Waals surface area contributed by atoms with Crippen LogP contribution < -0.4 is 10.9 Å². The molecule has 9 nitrogen and oxygen atoms in total. The Labute approximate surface area is 161 Å². The molecule has 28 heavy (non-hydrogen) atoms. The second-order valence-electron chi connectivity index (χ2n) is 7.01. The highest BCUT2D eigenvalue weighted by Gasteiger charge is 2.26. The number of carbonyl (C=O) groups excluding carboxylic acids is 1. The van der Waals surface area contributed by atoms with Crippen molar-refractivity contribution in [3.63, 3.8) is 0 Å². The third-order valence-electron chi connectivity index (χ3n) is 5.31. The van der Waals surface area contributed by atoms with Crippen LogP contribution in [0.2, 0.25) is 0 Å². The van der Waals surface area contributed by atoms with E-state index in [1.165, 1.54) is 0 Å². The molecule has 9 heteroatoms. The SMILES string of the molecule is Cc1c(C#N)c(NC(=O)Cn2cc([N+](=O)[O-])ccc2=O)n(C2CCCC2)c1C. The van der Waals surface area contributed by atoms with Gasteiger partial charge in [-0.1, -0.05) is 12.8 Å². The van der Waals surface area contributed by atoms with E-state index in [1.807, 2.05) is 18.4 Å². The second-order valence-corrected chi connectivity index (χ2v) is 7.01. The van der Waals surface area contributed by atoms with Gasteiger partial charge in [0, 0.05) is 23.9 Å². The molecule has 146 valence electrons. The Hall–Kier alpha value is -3.41. The number of carbonyl (C=O) groups is 1. The first-order valence-corrected chi connectivity index (χ1v) is 9.09. The number of pyridine rings is 1. The fraction of sp³-hybridized carbons (Fsp3) is 0.421. The van der Waals surface area contributed by atoms with Crippen molar-refractivity contribution in [2.24, 2.45) is 0 Å². The van der Waals surface area contributed by atoms with E-state index in [4.69, 9.17) is 0 Å². The minimum Gasteiger partial charge on any atom is -0.327 e. The molecule has 1 aliphatic rings. The van der Waals surface area contributed by atoms with Crippen LogP contribution in [0.3, 0.4) is 0 Å². The first-order chi connectivity index (χ1) is 13.3. The maximum atomic E-state index is 12.6. The number of rotatable bonds is 5. The fourth-order valence-corrected chi connectivity index (χ4v) is 3.78. The molecule has 3 rings (SSSR count). The largest absolute Gasteiger partial charge is 0.327 e. The zero-order valence-electron chi connectivity index (χ0n) is 15.8. The van der Waals surface area contributed by atoms with Crippen LogP contribution >= 0.6 is 0 Å². The summed E-state index contributed by atoms with van der Waals surface area (Å²) in [6.07, 6.45) is 5.19. The van der Waals surface area contributed by atoms with Gasteiger partial charge in [-0.15, -0.1) is 0 Å². The molecule has 0 unspecified atom stereocenters. The molecule has 2 aromatic rings. The molecule has 1 N–H and O–H groups in total. The van der Waals surface area contributed by atoms with Crippen molar-refractivity contribution in [1.82, 2.24) is 9.13 Å². The van der Waals surface area contributed by atoms with Gasteiger partial charge in [0.05, 0.1) is 16.7 Å². The van der Waals surface area contributed by atoms with Gasteiger partial charge >= 0.3 is 0 Å². The first kappa shape index (κ1) is 19.4. The molecule has 0 radical (unpaired) electrons. The lowest BCUT2D eigenvalue weighted by Gasteiger charge is -2.19. The highest BCUT2D eigenvalue weighted by molar-refractivity contribution is 5.91. The lowest BCUT2D eigenvalue weighted by Crippen LogP contribution is -2.28. The van der Waals surface area contributed by atoms with Crippen molar-refractivity contribution in [2.75, 3.05) is 5.32 Å². The van der Waals surface area contributed by atoms with E-state index in [9.17, 15) is 25.0 Å². The van der Waals surface area contributed by atoms with Gasteiger partial charge in [-0.3, -0.25) is 24.3 Å². The summed E-state index contributed by atoms with van der Waals surface area (Å²) in [5.74, 6) is -0.0799. The summed E-state index contributed by atoms with van der Waals surface area (Å²) in [6, 6.07) is 4.54. The van der Waals surface area contributed by atoms with Gasteiger partial charge in [0.25, 0.3) is 11.2 Å². The third-order valence-corrected chi connectivity index (χ3v) is 5.31. The Morgan fingerprint density at radius 3 is 2.64 bits per heavy atom. The van der Waals surface area contributed by atoms with Crippen molar-refractivity contribution in [1.29, 1.82) is 5.26 Å². The summed E-state index contributed by atoms with van der Waals surface area (Å²) in [4.78, 5) is 34.8. The Morgan fingerprint density at radius 2 is 2.04 bits per heavy atom. The van der Waals surface area contributed by atoms with Crippen molar-refractivity contribution in [3.05, 3.63) is 55.6 Å². The summed E-state index contributed by atoms with van der Waals surface area (Å²) in [7, 11) is 0. The molecule has 1 amide bonds. The highest BCUT2D eigenvalue weighted by Crippen LogP contribution is 2.37. The van der Waals surface area contributed by atoms with Crippen LogP contribution in [0.1, 0.15) is 48.5 Å². The predicted molar refractivity (Wildman–Crippen MR) is 102 cm³/mol. The Morgan fingerprint density at radius 1 is 1.36 bits per heavy atom. The zero-order valence-corrected chi connectivity index (χ0v) is 15.8. The van der Waals surface area contributed by atoms with Crippen LogP contribution in [0.15, 0.2) is 23.1 Å². The predicted octanol–water partition coefficient (Wildman–Crippen LogP) is 2.80. The van der Waals surface area contributed by atoms with E-state index in [0.717, 1.165) is 59.8 Å². The third kappa shape index (κ3) is 3.53. The monoisotopic (exact) mass is 383 g/mol. The van der Waals surface area contributed by atoms with E-state index in [2.05, 4.69) is 11.4 Å². The van der Waals surface area contributed by atoms with Gasteiger partial charge in [0.1, 0.15) is 18.4 Å². The van der Waals surface area contributed by atoms with Crippen LogP contribution in [-0.2, 0) is 11.3 Å². The molecule has 1 fully saturated rings. The Balaban J connectivity index is 1.92. The average Bonchev–Trinajstić information content (AvgIpc) is 3.24. The van der Waals surface area contributed by atoms with Crippen LogP contribution in [0.25, 0.3) is 0 Å². The van der Waals surface area contributed by atoms with Crippen molar-refractivity contribution < 1.29 is 9.72 Å². The van der Waals surface area contributed by atoms with E-state index in [-0.39, 0.29) is 18.3 Å². The number of anilines is 1. The molecule has 2 aromatic heterocycles. The molecule has 0 aliphatic heterocycles. The van der Waals surface area contributed by atoms with Gasteiger partial charge in [-0.25, -0.2) is 0 Å². The van der Waals surface area contributed by atoms with Gasteiger partial charge in [-0.2, -0.15) is 5.26 Å². The lowest BCUT2D eigenvalue weighted by atomic mass is 10.2. The van der Waals surface area contributed by atoms with Crippen LogP contribution in [0.4, 0.5) is 11.5 Å². The van der Waals surface area contributed by atoms with Crippen molar-refractivity contribution in [2.45, 2.75) is 52.1 Å². The topological polar surface area (TPSA) is 123 Å². The fourth-order valence-electron chi connectivity index (χ4n) is 3.78. The molecule has 1 saturated carbocycles. The van der Waals surface area contributed by atoms with Gasteiger partial charge in [-0.05, 0) is 32.3 Å². The molecule has 0 aromatic carbocycles. The summed E-state index contributed by atoms with van der Waals surface area (Å²) < 4.78 is 3.00. The van der Waals surface area contributed by atoms with Crippen molar-refractivity contribution in [3.8, 4) is 6.07 Å². The number of hydrogen-bond donors (Lipinski definition) is 1. The number of aromatic nitrogens is 2. The maximum absolute atomic E-state index is 12.6. The molecule has 1 aliphatic carbocycles. The average molecular weight is 383 g/mol. The summed E-state index contributed by atoms with van der Waals surface area (Å²) in [6.45, 7) is 3.40. The number of amides is 1. The summed E-state index contributed by atoms with van der Waals surface area (Å²) >= 11 is 0. The smallest absolute Gasteiger partial charge is 0.285 e. The Kier molecular flexibility index (Phi) is 5.31. The first-order valence-electron chi connectivity index (χ1n) is 9.09. The molecule has 0 saturated heterocycles. The summed E-state index contributed by atoms with van der Waals surface area (Å²) in [5.41, 5.74) is 1.37. The normalized spacial score (nSPS) is 14.0. The molecule has 0 bridgehead atoms. The van der Waals surface area contributed by atoms with E-state index in [0.29, 0.717) is 11.4 Å². The quantitative estimate of drug-likeness (QED) is 0.628. The standard InChI is InChI=1S/C19H21N5O4/c1-12-13(2)23(14-5-3-4-6-14)19(16(12)9-20)21-17(25)11-22-10-15(24(27)28)7-8-18(22)26/h7-8,10,14H,3-6,11H2,1-2H3,(H,21,25). The molecule has 0 spiro atoms. The van der Waals surface area contributed by atoms with Gasteiger partial charge < -0.3 is 9.88 Å². The minimum absolute atomic E-state index is 0.219. The van der Waals surface area contributed by atoms with Crippen LogP contribution in [0, 0.1) is 35.3 Å². The zero-order chi connectivity index (χ0) is 20.4. The molecular weight excluding hydrogens is 362 g/mol. The van der Waals surface area contributed by atoms with Crippen LogP contribution in [-0.4, -0.2) is 20.0 Å². The molecule has 0 atom stereocenters. The maximum Gasteiger partial charge on any atom is 0.285 e. The van der Waals surface area contributed by atoms with E-state index < -0.39 is 16.4 Å². The number of nitro groups is 1. The van der Waals surface area contributed by atoms with E-state index >= 15 is 0 Å². The van der Waals surface area contributed by atoms with Crippen LogP contribution in [0.5, 0.6) is 0 Å². The minimum atomic E-state index is -0.625. The number of nitriles is 1. The van der Waals surface area contributed by atoms with Gasteiger partial charge in [0.2, 0.25) is 5.91 Å². The number of hydrogen-bond acceptors (Lipinski definition) is 5.